The molecule has 1 N–H and O–H groups in total. The quantitative estimate of drug-likeness (QED) is 0.465. The van der Waals surface area contributed by atoms with E-state index in [-0.39, 0.29) is 12.5 Å². The number of methoxy groups -OCH3 is 1. The van der Waals surface area contributed by atoms with Crippen molar-refractivity contribution in [1.82, 2.24) is 0 Å². The molecule has 0 bridgehead atoms. The van der Waals surface area contributed by atoms with Crippen molar-refractivity contribution >= 4 is 17.8 Å². The molecular formula is C22H20N2O4. The number of hydrogen-bond acceptors (Lipinski definition) is 5. The Morgan fingerprint density at radius 3 is 2.54 bits per heavy atom. The second kappa shape index (κ2) is 9.78. The third-order valence-electron chi connectivity index (χ3n) is 3.69. The zero-order valence-electron chi connectivity index (χ0n) is 15.4. The molecule has 1 amide bonds. The molecular weight excluding hydrogens is 356 g/mol. The SMILES string of the molecule is COc1ccccc1NC(=O)CON=Cc1cccc(Oc2ccccc2)c1. The minimum atomic E-state index is -0.331. The molecule has 0 unspecified atom stereocenters. The highest BCUT2D eigenvalue weighted by atomic mass is 16.6. The van der Waals surface area contributed by atoms with Gasteiger partial charge in [0.25, 0.3) is 5.91 Å². The lowest BCUT2D eigenvalue weighted by molar-refractivity contribution is -0.120. The number of benzene rings is 3. The largest absolute Gasteiger partial charge is 0.495 e. The minimum absolute atomic E-state index is 0.214. The van der Waals surface area contributed by atoms with Crippen LogP contribution in [0.25, 0.3) is 0 Å². The van der Waals surface area contributed by atoms with Crippen molar-refractivity contribution in [1.29, 1.82) is 0 Å². The topological polar surface area (TPSA) is 69.2 Å². The van der Waals surface area contributed by atoms with Gasteiger partial charge in [0.1, 0.15) is 17.2 Å². The van der Waals surface area contributed by atoms with Gasteiger partial charge in [-0.05, 0) is 42.0 Å². The maximum Gasteiger partial charge on any atom is 0.265 e. The van der Waals surface area contributed by atoms with Crippen molar-refractivity contribution in [2.45, 2.75) is 0 Å². The highest BCUT2D eigenvalue weighted by molar-refractivity contribution is 5.93. The molecule has 0 fully saturated rings. The van der Waals surface area contributed by atoms with Crippen LogP contribution in [0, 0.1) is 0 Å². The monoisotopic (exact) mass is 376 g/mol. The Labute approximate surface area is 163 Å². The van der Waals surface area contributed by atoms with Crippen LogP contribution in [0.2, 0.25) is 0 Å². The Bertz CT molecular complexity index is 942. The molecule has 0 radical (unpaired) electrons. The van der Waals surface area contributed by atoms with Crippen LogP contribution in [0.5, 0.6) is 17.2 Å². The van der Waals surface area contributed by atoms with Gasteiger partial charge in [-0.15, -0.1) is 0 Å². The third-order valence-corrected chi connectivity index (χ3v) is 3.69. The normalized spacial score (nSPS) is 10.5. The van der Waals surface area contributed by atoms with E-state index in [9.17, 15) is 4.79 Å². The summed E-state index contributed by atoms with van der Waals surface area (Å²) in [6.07, 6.45) is 1.52. The van der Waals surface area contributed by atoms with Gasteiger partial charge in [-0.3, -0.25) is 4.79 Å². The second-order valence-electron chi connectivity index (χ2n) is 5.74. The Balaban J connectivity index is 1.50. The minimum Gasteiger partial charge on any atom is -0.495 e. The molecule has 6 heteroatoms. The Kier molecular flexibility index (Phi) is 6.62. The number of rotatable bonds is 8. The van der Waals surface area contributed by atoms with E-state index in [4.69, 9.17) is 14.3 Å². The van der Waals surface area contributed by atoms with Gasteiger partial charge in [0.15, 0.2) is 6.61 Å². The number of para-hydroxylation sites is 3. The Hall–Kier alpha value is -3.80. The molecule has 0 spiro atoms. The zero-order chi connectivity index (χ0) is 19.6. The summed E-state index contributed by atoms with van der Waals surface area (Å²) >= 11 is 0. The molecule has 3 rings (SSSR count). The van der Waals surface area contributed by atoms with Gasteiger partial charge in [-0.25, -0.2) is 0 Å². The molecule has 28 heavy (non-hydrogen) atoms. The predicted octanol–water partition coefficient (Wildman–Crippen LogP) is 4.48. The van der Waals surface area contributed by atoms with E-state index in [1.54, 1.807) is 19.2 Å². The molecule has 0 aliphatic heterocycles. The van der Waals surface area contributed by atoms with E-state index in [1.165, 1.54) is 6.21 Å². The molecule has 0 atom stereocenters. The van der Waals surface area contributed by atoms with Crippen LogP contribution in [-0.2, 0) is 9.63 Å². The number of amides is 1. The highest BCUT2D eigenvalue weighted by Crippen LogP contribution is 2.23. The standard InChI is InChI=1S/C22H20N2O4/c1-26-21-13-6-5-12-20(21)24-22(25)16-27-23-15-17-8-7-11-19(14-17)28-18-9-3-2-4-10-18/h2-15H,16H2,1H3,(H,24,25). The molecule has 3 aromatic rings. The van der Waals surface area contributed by atoms with Crippen LogP contribution in [0.3, 0.4) is 0 Å². The Morgan fingerprint density at radius 1 is 0.964 bits per heavy atom. The summed E-state index contributed by atoms with van der Waals surface area (Å²) < 4.78 is 11.0. The fraction of sp³-hybridized carbons (Fsp3) is 0.0909. The molecule has 0 heterocycles. The summed E-state index contributed by atoms with van der Waals surface area (Å²) in [6, 6.07) is 24.0. The summed E-state index contributed by atoms with van der Waals surface area (Å²) in [4.78, 5) is 17.0. The van der Waals surface area contributed by atoms with Crippen LogP contribution in [0.4, 0.5) is 5.69 Å². The van der Waals surface area contributed by atoms with E-state index >= 15 is 0 Å². The van der Waals surface area contributed by atoms with Crippen molar-refractivity contribution in [3.05, 3.63) is 84.4 Å². The lowest BCUT2D eigenvalue weighted by Gasteiger charge is -2.09. The number of carbonyl (C=O) groups is 1. The predicted molar refractivity (Wildman–Crippen MR) is 108 cm³/mol. The number of anilines is 1. The van der Waals surface area contributed by atoms with Crippen LogP contribution < -0.4 is 14.8 Å². The first-order chi connectivity index (χ1) is 13.7. The summed E-state index contributed by atoms with van der Waals surface area (Å²) in [5.74, 6) is 1.68. The van der Waals surface area contributed by atoms with Gasteiger partial charge in [0.2, 0.25) is 0 Å². The number of carbonyl (C=O) groups excluding carboxylic acids is 1. The molecule has 142 valence electrons. The van der Waals surface area contributed by atoms with E-state index in [1.807, 2.05) is 66.7 Å². The van der Waals surface area contributed by atoms with Crippen molar-refractivity contribution in [3.63, 3.8) is 0 Å². The van der Waals surface area contributed by atoms with Gasteiger partial charge in [0.05, 0.1) is 19.0 Å². The molecule has 6 nitrogen and oxygen atoms in total. The van der Waals surface area contributed by atoms with Crippen molar-refractivity contribution in [2.75, 3.05) is 19.0 Å². The Morgan fingerprint density at radius 2 is 1.71 bits per heavy atom. The molecule has 0 aliphatic carbocycles. The summed E-state index contributed by atoms with van der Waals surface area (Å²) in [7, 11) is 1.54. The molecule has 0 aliphatic rings. The zero-order valence-corrected chi connectivity index (χ0v) is 15.4. The van der Waals surface area contributed by atoms with Gasteiger partial charge in [0, 0.05) is 0 Å². The average molecular weight is 376 g/mol. The van der Waals surface area contributed by atoms with Gasteiger partial charge < -0.3 is 19.6 Å². The lowest BCUT2D eigenvalue weighted by atomic mass is 10.2. The number of nitrogens with one attached hydrogen (secondary N) is 1. The smallest absolute Gasteiger partial charge is 0.265 e. The van der Waals surface area contributed by atoms with Crippen LogP contribution in [0.15, 0.2) is 84.0 Å². The fourth-order valence-electron chi connectivity index (χ4n) is 2.41. The summed E-state index contributed by atoms with van der Waals surface area (Å²) in [5, 5.41) is 6.56. The maximum atomic E-state index is 12.0. The first kappa shape index (κ1) is 19.0. The number of oxime groups is 1. The van der Waals surface area contributed by atoms with E-state index in [0.29, 0.717) is 17.2 Å². The summed E-state index contributed by atoms with van der Waals surface area (Å²) in [6.45, 7) is -0.214. The van der Waals surface area contributed by atoms with Crippen molar-refractivity contribution < 1.29 is 19.1 Å². The number of hydrogen-bond donors (Lipinski definition) is 1. The molecule has 0 saturated carbocycles. The molecule has 3 aromatic carbocycles. The number of ether oxygens (including phenoxy) is 2. The van der Waals surface area contributed by atoms with Crippen LogP contribution in [0.1, 0.15) is 5.56 Å². The highest BCUT2D eigenvalue weighted by Gasteiger charge is 2.07. The second-order valence-corrected chi connectivity index (χ2v) is 5.74. The van der Waals surface area contributed by atoms with E-state index in [0.717, 1.165) is 11.3 Å². The van der Waals surface area contributed by atoms with Gasteiger partial charge in [-0.1, -0.05) is 47.6 Å². The first-order valence-corrected chi connectivity index (χ1v) is 8.66. The molecule has 0 saturated heterocycles. The fourth-order valence-corrected chi connectivity index (χ4v) is 2.41. The van der Waals surface area contributed by atoms with Crippen molar-refractivity contribution in [2.24, 2.45) is 5.16 Å². The first-order valence-electron chi connectivity index (χ1n) is 8.66. The lowest BCUT2D eigenvalue weighted by Crippen LogP contribution is -2.17. The maximum absolute atomic E-state index is 12.0. The van der Waals surface area contributed by atoms with Gasteiger partial charge >= 0.3 is 0 Å². The average Bonchev–Trinajstić information content (AvgIpc) is 2.73. The van der Waals surface area contributed by atoms with Crippen LogP contribution in [-0.4, -0.2) is 25.8 Å². The van der Waals surface area contributed by atoms with E-state index in [2.05, 4.69) is 10.5 Å². The van der Waals surface area contributed by atoms with Crippen molar-refractivity contribution in [3.8, 4) is 17.2 Å². The van der Waals surface area contributed by atoms with Crippen LogP contribution >= 0.6 is 0 Å². The molecule has 0 aromatic heterocycles. The third kappa shape index (κ3) is 5.60. The summed E-state index contributed by atoms with van der Waals surface area (Å²) in [5.41, 5.74) is 1.37. The van der Waals surface area contributed by atoms with Gasteiger partial charge in [-0.2, -0.15) is 0 Å². The number of nitrogens with zero attached hydrogens (tertiary/aromatic N) is 1. The van der Waals surface area contributed by atoms with E-state index < -0.39 is 0 Å².